The molecule has 2 amide bonds. The lowest BCUT2D eigenvalue weighted by Crippen LogP contribution is -2.52. The normalized spacial score (nSPS) is 12.6. The molecule has 0 radical (unpaired) electrons. The summed E-state index contributed by atoms with van der Waals surface area (Å²) in [5, 5.41) is 4.08. The Kier molecular flexibility index (Phi) is 10.4. The van der Waals surface area contributed by atoms with Gasteiger partial charge in [0.15, 0.2) is 0 Å². The summed E-state index contributed by atoms with van der Waals surface area (Å²) in [5.74, 6) is -0.260. The minimum Gasteiger partial charge on any atom is -0.352 e. The number of carbonyl (C=O) groups is 2. The van der Waals surface area contributed by atoms with Crippen molar-refractivity contribution >= 4 is 35.0 Å². The third-order valence-electron chi connectivity index (χ3n) is 6.38. The summed E-state index contributed by atoms with van der Waals surface area (Å²) in [6.07, 6.45) is 2.09. The first kappa shape index (κ1) is 27.8. The number of nitrogens with zero attached hydrogens (tertiary/aromatic N) is 1. The number of hydrogen-bond acceptors (Lipinski definition) is 2. The van der Waals surface area contributed by atoms with E-state index < -0.39 is 6.04 Å². The lowest BCUT2D eigenvalue weighted by atomic mass is 10.0. The van der Waals surface area contributed by atoms with E-state index in [1.807, 2.05) is 81.4 Å². The third-order valence-corrected chi connectivity index (χ3v) is 6.96. The van der Waals surface area contributed by atoms with Gasteiger partial charge in [-0.15, -0.1) is 0 Å². The van der Waals surface area contributed by atoms with Crippen molar-refractivity contribution in [1.82, 2.24) is 10.2 Å². The lowest BCUT2D eigenvalue weighted by molar-refractivity contribution is -0.141. The molecule has 3 rings (SSSR count). The molecule has 2 atom stereocenters. The van der Waals surface area contributed by atoms with E-state index in [0.29, 0.717) is 22.9 Å². The van der Waals surface area contributed by atoms with Gasteiger partial charge in [0.25, 0.3) is 0 Å². The smallest absolute Gasteiger partial charge is 0.243 e. The van der Waals surface area contributed by atoms with Gasteiger partial charge < -0.3 is 10.2 Å². The number of halogens is 2. The van der Waals surface area contributed by atoms with Crippen molar-refractivity contribution in [2.45, 2.75) is 65.1 Å². The summed E-state index contributed by atoms with van der Waals surface area (Å²) in [6, 6.07) is 22.5. The Morgan fingerprint density at radius 1 is 0.944 bits per heavy atom. The predicted molar refractivity (Wildman–Crippen MR) is 148 cm³/mol. The molecule has 0 heterocycles. The molecule has 0 aromatic heterocycles. The van der Waals surface area contributed by atoms with Crippen molar-refractivity contribution in [3.8, 4) is 0 Å². The largest absolute Gasteiger partial charge is 0.352 e. The third kappa shape index (κ3) is 8.11. The van der Waals surface area contributed by atoms with Gasteiger partial charge in [0.05, 0.1) is 0 Å². The average Bonchev–Trinajstić information content (AvgIpc) is 2.87. The van der Waals surface area contributed by atoms with Crippen molar-refractivity contribution in [3.63, 3.8) is 0 Å². The molecule has 0 spiro atoms. The Bertz CT molecular complexity index is 1150. The van der Waals surface area contributed by atoms with Crippen LogP contribution in [0.2, 0.25) is 10.0 Å². The Labute approximate surface area is 224 Å². The first-order valence-electron chi connectivity index (χ1n) is 12.4. The van der Waals surface area contributed by atoms with E-state index in [4.69, 9.17) is 23.2 Å². The number of aryl methyl sites for hydroxylation is 2. The van der Waals surface area contributed by atoms with E-state index in [9.17, 15) is 9.59 Å². The highest BCUT2D eigenvalue weighted by atomic mass is 35.5. The molecule has 2 unspecified atom stereocenters. The van der Waals surface area contributed by atoms with Gasteiger partial charge in [-0.2, -0.15) is 0 Å². The van der Waals surface area contributed by atoms with E-state index in [1.165, 1.54) is 5.56 Å². The Morgan fingerprint density at radius 2 is 1.64 bits per heavy atom. The van der Waals surface area contributed by atoms with Crippen LogP contribution >= 0.6 is 23.2 Å². The molecule has 4 nitrogen and oxygen atoms in total. The molecule has 0 aliphatic carbocycles. The second-order valence-corrected chi connectivity index (χ2v) is 10.1. The number of hydrogen-bond donors (Lipinski definition) is 1. The second-order valence-electron chi connectivity index (χ2n) is 9.27. The predicted octanol–water partition coefficient (Wildman–Crippen LogP) is 6.79. The van der Waals surface area contributed by atoms with E-state index in [2.05, 4.69) is 5.32 Å². The molecule has 36 heavy (non-hydrogen) atoms. The molecule has 0 bridgehead atoms. The van der Waals surface area contributed by atoms with Gasteiger partial charge in [-0.1, -0.05) is 96.4 Å². The Morgan fingerprint density at radius 3 is 2.28 bits per heavy atom. The van der Waals surface area contributed by atoms with Crippen LogP contribution in [0.1, 0.15) is 48.9 Å². The van der Waals surface area contributed by atoms with Gasteiger partial charge in [-0.25, -0.2) is 0 Å². The van der Waals surface area contributed by atoms with Crippen molar-refractivity contribution in [2.75, 3.05) is 0 Å². The Balaban J connectivity index is 1.93. The van der Waals surface area contributed by atoms with Crippen LogP contribution in [0.5, 0.6) is 0 Å². The fourth-order valence-electron chi connectivity index (χ4n) is 3.98. The molecule has 3 aromatic carbocycles. The van der Waals surface area contributed by atoms with Crippen LogP contribution in [0, 0.1) is 6.92 Å². The summed E-state index contributed by atoms with van der Waals surface area (Å²) in [5.41, 5.74) is 4.00. The monoisotopic (exact) mass is 524 g/mol. The minimum atomic E-state index is -0.682. The van der Waals surface area contributed by atoms with Gasteiger partial charge in [-0.3, -0.25) is 9.59 Å². The summed E-state index contributed by atoms with van der Waals surface area (Å²) in [4.78, 5) is 29.0. The van der Waals surface area contributed by atoms with E-state index in [0.717, 1.165) is 23.1 Å². The van der Waals surface area contributed by atoms with Crippen LogP contribution in [0.3, 0.4) is 0 Å². The molecule has 0 fully saturated rings. The average molecular weight is 526 g/mol. The number of carbonyl (C=O) groups excluding carboxylic acids is 2. The molecule has 1 N–H and O–H groups in total. The van der Waals surface area contributed by atoms with Gasteiger partial charge in [0.2, 0.25) is 11.8 Å². The van der Waals surface area contributed by atoms with E-state index in [-0.39, 0.29) is 30.8 Å². The summed E-state index contributed by atoms with van der Waals surface area (Å²) in [6.45, 7) is 6.25. The molecule has 0 aliphatic rings. The molecular formula is C30H34Cl2N2O2. The van der Waals surface area contributed by atoms with E-state index >= 15 is 0 Å². The zero-order valence-corrected chi connectivity index (χ0v) is 22.6. The molecule has 0 saturated heterocycles. The van der Waals surface area contributed by atoms with Crippen LogP contribution in [0.4, 0.5) is 0 Å². The molecular weight excluding hydrogens is 491 g/mol. The topological polar surface area (TPSA) is 49.4 Å². The fourth-order valence-corrected chi connectivity index (χ4v) is 4.45. The summed E-state index contributed by atoms with van der Waals surface area (Å²) in [7, 11) is 0. The highest BCUT2D eigenvalue weighted by molar-refractivity contribution is 6.35. The van der Waals surface area contributed by atoms with Crippen LogP contribution in [0.25, 0.3) is 0 Å². The first-order chi connectivity index (χ1) is 17.3. The second kappa shape index (κ2) is 13.5. The van der Waals surface area contributed by atoms with Gasteiger partial charge in [0, 0.05) is 35.5 Å². The van der Waals surface area contributed by atoms with Crippen molar-refractivity contribution in [1.29, 1.82) is 0 Å². The van der Waals surface area contributed by atoms with Crippen molar-refractivity contribution in [3.05, 3.63) is 105 Å². The number of nitrogens with one attached hydrogen (secondary N) is 1. The van der Waals surface area contributed by atoms with Gasteiger partial charge in [-0.05, 0) is 55.5 Å². The molecule has 6 heteroatoms. The number of rotatable bonds is 11. The van der Waals surface area contributed by atoms with Crippen LogP contribution in [0.15, 0.2) is 72.8 Å². The van der Waals surface area contributed by atoms with Gasteiger partial charge >= 0.3 is 0 Å². The van der Waals surface area contributed by atoms with Crippen molar-refractivity contribution in [2.24, 2.45) is 0 Å². The summed E-state index contributed by atoms with van der Waals surface area (Å²) < 4.78 is 0. The SMILES string of the molecule is CCC(C)NC(=O)C(Cc1ccccc1)N(Cc1ccc(Cl)cc1Cl)C(=O)CCc1ccc(C)cc1. The van der Waals surface area contributed by atoms with Crippen LogP contribution in [-0.4, -0.2) is 28.8 Å². The van der Waals surface area contributed by atoms with Crippen LogP contribution in [-0.2, 0) is 29.0 Å². The first-order valence-corrected chi connectivity index (χ1v) is 13.2. The molecule has 0 saturated carbocycles. The zero-order valence-electron chi connectivity index (χ0n) is 21.1. The minimum absolute atomic E-state index is 0.000552. The standard InChI is InChI=1S/C30H34Cl2N2O2/c1-4-22(3)33-30(36)28(18-24-8-6-5-7-9-24)34(20-25-15-16-26(31)19-27(25)32)29(35)17-14-23-12-10-21(2)11-13-23/h5-13,15-16,19,22,28H,4,14,17-18,20H2,1-3H3,(H,33,36). The van der Waals surface area contributed by atoms with Gasteiger partial charge in [0.1, 0.15) is 6.04 Å². The zero-order chi connectivity index (χ0) is 26.1. The highest BCUT2D eigenvalue weighted by Gasteiger charge is 2.31. The lowest BCUT2D eigenvalue weighted by Gasteiger charge is -2.32. The van der Waals surface area contributed by atoms with Crippen molar-refractivity contribution < 1.29 is 9.59 Å². The number of amides is 2. The summed E-state index contributed by atoms with van der Waals surface area (Å²) >= 11 is 12.6. The maximum absolute atomic E-state index is 13.7. The maximum Gasteiger partial charge on any atom is 0.243 e. The molecule has 0 aliphatic heterocycles. The number of benzene rings is 3. The highest BCUT2D eigenvalue weighted by Crippen LogP contribution is 2.25. The molecule has 3 aromatic rings. The quantitative estimate of drug-likeness (QED) is 0.300. The van der Waals surface area contributed by atoms with E-state index in [1.54, 1.807) is 17.0 Å². The molecule has 190 valence electrons. The maximum atomic E-state index is 13.7. The Hall–Kier alpha value is -2.82. The fraction of sp³-hybridized carbons (Fsp3) is 0.333. The van der Waals surface area contributed by atoms with Crippen LogP contribution < -0.4 is 5.32 Å².